The van der Waals surface area contributed by atoms with Gasteiger partial charge in [-0.15, -0.1) is 0 Å². The van der Waals surface area contributed by atoms with Crippen LogP contribution in [0.3, 0.4) is 0 Å². The molecule has 2 heteroatoms. The molecule has 182 valence electrons. The van der Waals surface area contributed by atoms with Gasteiger partial charge in [-0.05, 0) is 0 Å². The van der Waals surface area contributed by atoms with Gasteiger partial charge in [-0.1, -0.05) is 0 Å². The molecule has 0 radical (unpaired) electrons. The molecule has 0 saturated carbocycles. The fraction of sp³-hybridized carbons (Fsp3) is 0.500. The molecule has 0 aliphatic heterocycles. The molecule has 4 aromatic carbocycles. The van der Waals surface area contributed by atoms with Gasteiger partial charge in [0.1, 0.15) is 0 Å². The summed E-state index contributed by atoms with van der Waals surface area (Å²) in [5.74, 6) is 0.561. The summed E-state index contributed by atoms with van der Waals surface area (Å²) < 4.78 is 6.31. The molecule has 0 aliphatic rings. The first-order chi connectivity index (χ1) is 16.5. The van der Waals surface area contributed by atoms with E-state index in [2.05, 4.69) is 77.1 Å². The molecule has 4 rings (SSSR count). The summed E-state index contributed by atoms with van der Waals surface area (Å²) in [6.07, 6.45) is 9.30. The van der Waals surface area contributed by atoms with Gasteiger partial charge >= 0.3 is 213 Å². The summed E-state index contributed by atoms with van der Waals surface area (Å²) in [7, 11) is 0. The van der Waals surface area contributed by atoms with Crippen molar-refractivity contribution in [2.75, 3.05) is 5.73 Å². The van der Waals surface area contributed by atoms with Gasteiger partial charge in [-0.3, -0.25) is 0 Å². The zero-order chi connectivity index (χ0) is 24.3. The molecule has 0 bridgehead atoms. The molecular weight excluding hydrogens is 517 g/mol. The van der Waals surface area contributed by atoms with Crippen molar-refractivity contribution < 1.29 is 0 Å². The molecule has 0 aromatic heterocycles. The monoisotopic (exact) mass is 563 g/mol. The van der Waals surface area contributed by atoms with E-state index in [9.17, 15) is 0 Å². The van der Waals surface area contributed by atoms with Crippen molar-refractivity contribution in [3.8, 4) is 0 Å². The fourth-order valence-corrected chi connectivity index (χ4v) is 23.1. The summed E-state index contributed by atoms with van der Waals surface area (Å²) in [4.78, 5) is 0. The topological polar surface area (TPSA) is 26.0 Å². The van der Waals surface area contributed by atoms with Crippen LogP contribution in [0, 0.1) is 0 Å². The van der Waals surface area contributed by atoms with Crippen LogP contribution in [0.1, 0.15) is 91.0 Å². The Morgan fingerprint density at radius 2 is 1.38 bits per heavy atom. The fourth-order valence-electron chi connectivity index (χ4n) is 6.38. The van der Waals surface area contributed by atoms with Gasteiger partial charge in [0.15, 0.2) is 0 Å². The Bertz CT molecular complexity index is 1220. The third kappa shape index (κ3) is 4.54. The van der Waals surface area contributed by atoms with Crippen LogP contribution >= 0.6 is 0 Å². The van der Waals surface area contributed by atoms with Gasteiger partial charge in [-0.25, -0.2) is 0 Å². The second-order valence-corrected chi connectivity index (χ2v) is 23.9. The Hall–Kier alpha value is -1.48. The Balaban J connectivity index is 2.12. The van der Waals surface area contributed by atoms with Crippen molar-refractivity contribution in [3.63, 3.8) is 0 Å². The number of hydrogen-bond acceptors (Lipinski definition) is 1. The number of nitrogens with two attached hydrogens (primary N) is 1. The number of unbranched alkanes of at least 4 members (excludes halogenated alkanes) is 3. The molecule has 0 saturated heterocycles. The van der Waals surface area contributed by atoms with Gasteiger partial charge < -0.3 is 0 Å². The maximum absolute atomic E-state index is 6.68. The molecule has 0 heterocycles. The van der Waals surface area contributed by atoms with E-state index in [4.69, 9.17) is 5.73 Å². The molecule has 1 atom stereocenters. The van der Waals surface area contributed by atoms with E-state index in [-0.39, 0.29) is 0 Å². The molecular formula is C32H45NSn. The molecule has 0 fully saturated rings. The van der Waals surface area contributed by atoms with Crippen LogP contribution in [-0.4, -0.2) is 18.4 Å². The first-order valence-corrected chi connectivity index (χ1v) is 21.5. The Morgan fingerprint density at radius 1 is 0.735 bits per heavy atom. The maximum atomic E-state index is 6.68. The van der Waals surface area contributed by atoms with E-state index in [1.165, 1.54) is 85.2 Å². The molecule has 0 amide bonds. The molecule has 1 nitrogen and oxygen atoms in total. The van der Waals surface area contributed by atoms with E-state index < -0.39 is 18.4 Å². The SMILES string of the molecule is CCC[CH2][Sn]([CH2]CCC)([CH2]CCC)[c]1ccc2c(N)cc3cccc4c(C(C)CC)cc1c2c34. The van der Waals surface area contributed by atoms with Crippen LogP contribution in [0.4, 0.5) is 5.69 Å². The zero-order valence-corrected chi connectivity index (χ0v) is 25.1. The summed E-state index contributed by atoms with van der Waals surface area (Å²) in [5, 5.41) is 8.51. The van der Waals surface area contributed by atoms with Gasteiger partial charge in [0.05, 0.1) is 0 Å². The second-order valence-electron chi connectivity index (χ2n) is 10.8. The first-order valence-electron chi connectivity index (χ1n) is 14.0. The zero-order valence-electron chi connectivity index (χ0n) is 22.3. The minimum absolute atomic E-state index is 0.561. The summed E-state index contributed by atoms with van der Waals surface area (Å²) in [6, 6.07) is 16.7. The molecule has 34 heavy (non-hydrogen) atoms. The van der Waals surface area contributed by atoms with Gasteiger partial charge in [0, 0.05) is 0 Å². The predicted molar refractivity (Wildman–Crippen MR) is 158 cm³/mol. The van der Waals surface area contributed by atoms with Crippen LogP contribution in [-0.2, 0) is 0 Å². The minimum atomic E-state index is -2.63. The number of nitrogen functional groups attached to an aromatic ring is 1. The Labute approximate surface area is 211 Å². The van der Waals surface area contributed by atoms with Crippen molar-refractivity contribution in [2.45, 2.75) is 98.8 Å². The van der Waals surface area contributed by atoms with Crippen molar-refractivity contribution in [3.05, 3.63) is 48.0 Å². The van der Waals surface area contributed by atoms with E-state index in [1.807, 2.05) is 0 Å². The van der Waals surface area contributed by atoms with Crippen LogP contribution in [0.2, 0.25) is 13.3 Å². The standard InChI is InChI=1S/C20H18N.3C4H9.Sn/c1-3-12(2)17-10-13-6-5-9-16-18(21)11-14-7-4-8-15(17)19(14)20(13)16;3*1-3-4-2;/h4-5,7-12H,3,21H2,1-2H3;3*1,3-4H2,2H3;. The van der Waals surface area contributed by atoms with E-state index in [0.717, 1.165) is 5.69 Å². The molecule has 1 unspecified atom stereocenters. The number of rotatable bonds is 12. The number of hydrogen-bond donors (Lipinski definition) is 1. The molecule has 0 aliphatic carbocycles. The third-order valence-corrected chi connectivity index (χ3v) is 24.3. The van der Waals surface area contributed by atoms with Crippen molar-refractivity contribution >= 4 is 60.0 Å². The van der Waals surface area contributed by atoms with Gasteiger partial charge in [-0.2, -0.15) is 0 Å². The third-order valence-electron chi connectivity index (χ3n) is 8.57. The number of benzene rings is 4. The molecule has 0 spiro atoms. The average Bonchev–Trinajstić information content (AvgIpc) is 2.86. The quantitative estimate of drug-likeness (QED) is 0.104. The van der Waals surface area contributed by atoms with Crippen molar-refractivity contribution in [1.29, 1.82) is 0 Å². The summed E-state index contributed by atoms with van der Waals surface area (Å²) in [5.41, 5.74) is 9.16. The van der Waals surface area contributed by atoms with E-state index >= 15 is 0 Å². The number of anilines is 1. The van der Waals surface area contributed by atoms with Gasteiger partial charge in [0.2, 0.25) is 0 Å². The summed E-state index contributed by atoms with van der Waals surface area (Å²) >= 11 is -2.63. The van der Waals surface area contributed by atoms with Gasteiger partial charge in [0.25, 0.3) is 0 Å². The Morgan fingerprint density at radius 3 is 1.97 bits per heavy atom. The van der Waals surface area contributed by atoms with Crippen LogP contribution < -0.4 is 9.31 Å². The first kappa shape index (κ1) is 25.6. The molecule has 2 N–H and O–H groups in total. The van der Waals surface area contributed by atoms with Crippen molar-refractivity contribution in [2.24, 2.45) is 0 Å². The van der Waals surface area contributed by atoms with E-state index in [0.29, 0.717) is 5.92 Å². The summed E-state index contributed by atoms with van der Waals surface area (Å²) in [6.45, 7) is 11.9. The van der Waals surface area contributed by atoms with Crippen molar-refractivity contribution in [1.82, 2.24) is 0 Å². The normalized spacial score (nSPS) is 13.4. The molecule has 4 aromatic rings. The van der Waals surface area contributed by atoms with Crippen LogP contribution in [0.5, 0.6) is 0 Å². The average molecular weight is 562 g/mol. The van der Waals surface area contributed by atoms with E-state index in [1.54, 1.807) is 14.5 Å². The van der Waals surface area contributed by atoms with Crippen LogP contribution in [0.25, 0.3) is 32.3 Å². The van der Waals surface area contributed by atoms with Crippen LogP contribution in [0.15, 0.2) is 42.5 Å². The second kappa shape index (κ2) is 11.1. The predicted octanol–water partition coefficient (Wildman–Crippen LogP) is 9.74. The Kier molecular flexibility index (Phi) is 8.33.